The minimum Gasteiger partial charge on any atom is -0.497 e. The predicted molar refractivity (Wildman–Crippen MR) is 100 cm³/mol. The molecule has 2 aromatic carbocycles. The Bertz CT molecular complexity index is 762. The van der Waals surface area contributed by atoms with E-state index in [0.717, 1.165) is 23.4 Å². The maximum absolute atomic E-state index is 12.3. The highest BCUT2D eigenvalue weighted by atomic mass is 16.5. The van der Waals surface area contributed by atoms with Crippen LogP contribution in [0.2, 0.25) is 0 Å². The van der Waals surface area contributed by atoms with E-state index in [9.17, 15) is 9.59 Å². The Morgan fingerprint density at radius 1 is 1.23 bits per heavy atom. The van der Waals surface area contributed by atoms with Gasteiger partial charge in [-0.15, -0.1) is 0 Å². The standard InChI is InChI=1S/C20H23N3O3/c1-26-16-10-8-15(9-11-16)23-13-18(20(23)25)22-19(24)17(21)12-7-14-5-3-2-4-6-14/h2-6,8-11,17-18H,7,12-13,21H2,1H3,(H,22,24). The molecule has 1 aliphatic heterocycles. The molecule has 2 aromatic rings. The zero-order valence-corrected chi connectivity index (χ0v) is 14.7. The van der Waals surface area contributed by atoms with Crippen molar-refractivity contribution >= 4 is 17.5 Å². The lowest BCUT2D eigenvalue weighted by molar-refractivity contribution is -0.131. The Kier molecular flexibility index (Phi) is 5.53. The first-order valence-electron chi connectivity index (χ1n) is 8.64. The van der Waals surface area contributed by atoms with E-state index < -0.39 is 12.1 Å². The molecule has 0 aromatic heterocycles. The van der Waals surface area contributed by atoms with Crippen LogP contribution in [0.1, 0.15) is 12.0 Å². The number of anilines is 1. The number of hydrogen-bond acceptors (Lipinski definition) is 4. The number of amides is 2. The number of benzene rings is 2. The highest BCUT2D eigenvalue weighted by Gasteiger charge is 2.39. The van der Waals surface area contributed by atoms with Crippen molar-refractivity contribution in [2.75, 3.05) is 18.6 Å². The number of methoxy groups -OCH3 is 1. The van der Waals surface area contributed by atoms with Crippen molar-refractivity contribution in [2.24, 2.45) is 5.73 Å². The molecule has 136 valence electrons. The zero-order valence-electron chi connectivity index (χ0n) is 14.7. The van der Waals surface area contributed by atoms with Gasteiger partial charge in [0.05, 0.1) is 19.7 Å². The minimum absolute atomic E-state index is 0.126. The van der Waals surface area contributed by atoms with Gasteiger partial charge in [-0.05, 0) is 42.7 Å². The van der Waals surface area contributed by atoms with E-state index in [1.165, 1.54) is 0 Å². The van der Waals surface area contributed by atoms with Crippen LogP contribution in [0.25, 0.3) is 0 Å². The molecule has 2 amide bonds. The number of nitrogens with two attached hydrogens (primary N) is 1. The second-order valence-electron chi connectivity index (χ2n) is 6.34. The van der Waals surface area contributed by atoms with Crippen LogP contribution >= 0.6 is 0 Å². The fourth-order valence-electron chi connectivity index (χ4n) is 2.91. The van der Waals surface area contributed by atoms with Crippen molar-refractivity contribution in [2.45, 2.75) is 24.9 Å². The van der Waals surface area contributed by atoms with Crippen LogP contribution in [0, 0.1) is 0 Å². The quantitative estimate of drug-likeness (QED) is 0.739. The molecule has 1 aliphatic rings. The van der Waals surface area contributed by atoms with Crippen molar-refractivity contribution in [3.8, 4) is 5.75 Å². The Morgan fingerprint density at radius 3 is 2.54 bits per heavy atom. The summed E-state index contributed by atoms with van der Waals surface area (Å²) in [5.41, 5.74) is 7.89. The highest BCUT2D eigenvalue weighted by Crippen LogP contribution is 2.24. The first kappa shape index (κ1) is 17.9. The second kappa shape index (κ2) is 8.01. The summed E-state index contributed by atoms with van der Waals surface area (Å²) >= 11 is 0. The molecule has 1 fully saturated rings. The van der Waals surface area contributed by atoms with Crippen LogP contribution < -0.4 is 20.7 Å². The van der Waals surface area contributed by atoms with Gasteiger partial charge in [-0.1, -0.05) is 30.3 Å². The van der Waals surface area contributed by atoms with Crippen LogP contribution in [0.5, 0.6) is 5.75 Å². The van der Waals surface area contributed by atoms with Gasteiger partial charge in [0.1, 0.15) is 11.8 Å². The van der Waals surface area contributed by atoms with Gasteiger partial charge < -0.3 is 20.7 Å². The molecule has 3 rings (SSSR count). The lowest BCUT2D eigenvalue weighted by atomic mass is 10.0. The molecule has 1 saturated heterocycles. The van der Waals surface area contributed by atoms with Crippen molar-refractivity contribution in [1.29, 1.82) is 0 Å². The molecule has 0 saturated carbocycles. The Labute approximate surface area is 152 Å². The number of nitrogens with zero attached hydrogens (tertiary/aromatic N) is 1. The van der Waals surface area contributed by atoms with Crippen LogP contribution in [0.4, 0.5) is 5.69 Å². The molecule has 2 atom stereocenters. The lowest BCUT2D eigenvalue weighted by Crippen LogP contribution is -2.65. The summed E-state index contributed by atoms with van der Waals surface area (Å²) in [6, 6.07) is 16.0. The van der Waals surface area contributed by atoms with Crippen LogP contribution in [-0.4, -0.2) is 37.6 Å². The monoisotopic (exact) mass is 353 g/mol. The van der Waals surface area contributed by atoms with E-state index in [1.54, 1.807) is 24.1 Å². The van der Waals surface area contributed by atoms with Crippen molar-refractivity contribution in [1.82, 2.24) is 5.32 Å². The fraction of sp³-hybridized carbons (Fsp3) is 0.300. The van der Waals surface area contributed by atoms with Gasteiger partial charge in [-0.3, -0.25) is 9.59 Å². The molecule has 6 heteroatoms. The summed E-state index contributed by atoms with van der Waals surface area (Å²) in [5.74, 6) is 0.323. The number of nitrogens with one attached hydrogen (secondary N) is 1. The zero-order chi connectivity index (χ0) is 18.5. The summed E-state index contributed by atoms with van der Waals surface area (Å²) in [5, 5.41) is 2.74. The molecular weight excluding hydrogens is 330 g/mol. The second-order valence-corrected chi connectivity index (χ2v) is 6.34. The van der Waals surface area contributed by atoms with E-state index in [2.05, 4.69) is 5.32 Å². The van der Waals surface area contributed by atoms with E-state index >= 15 is 0 Å². The average Bonchev–Trinajstić information content (AvgIpc) is 2.69. The molecule has 2 unspecified atom stereocenters. The topological polar surface area (TPSA) is 84.7 Å². The van der Waals surface area contributed by atoms with Gasteiger partial charge in [-0.2, -0.15) is 0 Å². The summed E-state index contributed by atoms with van der Waals surface area (Å²) in [7, 11) is 1.59. The number of rotatable bonds is 7. The first-order valence-corrected chi connectivity index (χ1v) is 8.64. The molecule has 0 aliphatic carbocycles. The molecular formula is C20H23N3O3. The van der Waals surface area contributed by atoms with Crippen molar-refractivity contribution in [3.05, 3.63) is 60.2 Å². The number of carbonyl (C=O) groups excluding carboxylic acids is 2. The molecule has 26 heavy (non-hydrogen) atoms. The summed E-state index contributed by atoms with van der Waals surface area (Å²) in [6.45, 7) is 0.447. The first-order chi connectivity index (χ1) is 12.6. The highest BCUT2D eigenvalue weighted by molar-refractivity contribution is 6.06. The predicted octanol–water partition coefficient (Wildman–Crippen LogP) is 1.49. The van der Waals surface area contributed by atoms with Gasteiger partial charge in [0, 0.05) is 5.69 Å². The average molecular weight is 353 g/mol. The number of aryl methyl sites for hydroxylation is 1. The third-order valence-electron chi connectivity index (χ3n) is 4.55. The van der Waals surface area contributed by atoms with Crippen molar-refractivity contribution < 1.29 is 14.3 Å². The van der Waals surface area contributed by atoms with Gasteiger partial charge in [-0.25, -0.2) is 0 Å². The van der Waals surface area contributed by atoms with E-state index in [-0.39, 0.29) is 11.8 Å². The smallest absolute Gasteiger partial charge is 0.251 e. The number of carbonyl (C=O) groups is 2. The number of hydrogen-bond donors (Lipinski definition) is 2. The van der Waals surface area contributed by atoms with Crippen LogP contribution in [0.3, 0.4) is 0 Å². The van der Waals surface area contributed by atoms with E-state index in [0.29, 0.717) is 13.0 Å². The maximum Gasteiger partial charge on any atom is 0.251 e. The lowest BCUT2D eigenvalue weighted by Gasteiger charge is -2.39. The van der Waals surface area contributed by atoms with E-state index in [4.69, 9.17) is 10.5 Å². The fourth-order valence-corrected chi connectivity index (χ4v) is 2.91. The third-order valence-corrected chi connectivity index (χ3v) is 4.55. The van der Waals surface area contributed by atoms with Gasteiger partial charge in [0.15, 0.2) is 0 Å². The number of ether oxygens (including phenoxy) is 1. The molecule has 1 heterocycles. The third kappa shape index (κ3) is 4.03. The summed E-state index contributed by atoms with van der Waals surface area (Å²) in [4.78, 5) is 26.1. The van der Waals surface area contributed by atoms with E-state index in [1.807, 2.05) is 42.5 Å². The number of β-lactam (4-membered cyclic amide) rings is 1. The van der Waals surface area contributed by atoms with Crippen LogP contribution in [-0.2, 0) is 16.0 Å². The van der Waals surface area contributed by atoms with Crippen LogP contribution in [0.15, 0.2) is 54.6 Å². The maximum atomic E-state index is 12.3. The normalized spacial score (nSPS) is 17.4. The molecule has 0 spiro atoms. The Morgan fingerprint density at radius 2 is 1.92 bits per heavy atom. The van der Waals surface area contributed by atoms with Crippen molar-refractivity contribution in [3.63, 3.8) is 0 Å². The largest absolute Gasteiger partial charge is 0.497 e. The summed E-state index contributed by atoms with van der Waals surface area (Å²) < 4.78 is 5.11. The molecule has 3 N–H and O–H groups in total. The molecule has 0 bridgehead atoms. The van der Waals surface area contributed by atoms with Gasteiger partial charge in [0.2, 0.25) is 5.91 Å². The Hall–Kier alpha value is -2.86. The molecule has 0 radical (unpaired) electrons. The summed E-state index contributed by atoms with van der Waals surface area (Å²) in [6.07, 6.45) is 1.27. The molecule has 6 nitrogen and oxygen atoms in total. The Balaban J connectivity index is 1.47. The van der Waals surface area contributed by atoms with Gasteiger partial charge in [0.25, 0.3) is 5.91 Å². The SMILES string of the molecule is COc1ccc(N2CC(NC(=O)C(N)CCc3ccccc3)C2=O)cc1. The van der Waals surface area contributed by atoms with Gasteiger partial charge >= 0.3 is 0 Å². The minimum atomic E-state index is -0.627.